The van der Waals surface area contributed by atoms with E-state index in [-0.39, 0.29) is 0 Å². The van der Waals surface area contributed by atoms with Gasteiger partial charge < -0.3 is 10.2 Å². The van der Waals surface area contributed by atoms with E-state index in [0.29, 0.717) is 12.1 Å². The summed E-state index contributed by atoms with van der Waals surface area (Å²) in [6, 6.07) is 2.11. The Labute approximate surface area is 114 Å². The molecule has 1 rings (SSSR count). The van der Waals surface area contributed by atoms with Gasteiger partial charge in [0.2, 0.25) is 0 Å². The third-order valence-corrected chi connectivity index (χ3v) is 4.65. The standard InChI is InChI=1S/C15H33N3/c1-6-14(7-2)16-12-13(3)18(5)15-8-10-17(4)11-9-15/h13-16H,6-12H2,1-5H3. The molecule has 18 heavy (non-hydrogen) atoms. The average molecular weight is 255 g/mol. The number of likely N-dealkylation sites (tertiary alicyclic amines) is 1. The topological polar surface area (TPSA) is 18.5 Å². The lowest BCUT2D eigenvalue weighted by Crippen LogP contribution is -2.49. The second-order valence-electron chi connectivity index (χ2n) is 5.97. The van der Waals surface area contributed by atoms with Crippen LogP contribution in [0.1, 0.15) is 46.5 Å². The Balaban J connectivity index is 2.29. The predicted octanol–water partition coefficient (Wildman–Crippen LogP) is 2.18. The van der Waals surface area contributed by atoms with Crippen LogP contribution in [0.4, 0.5) is 0 Å². The molecule has 0 aromatic heterocycles. The first kappa shape index (κ1) is 15.9. The molecule has 0 aliphatic carbocycles. The molecule has 1 heterocycles. The molecule has 0 radical (unpaired) electrons. The Kier molecular flexibility index (Phi) is 7.20. The molecule has 3 nitrogen and oxygen atoms in total. The lowest BCUT2D eigenvalue weighted by atomic mass is 10.0. The molecule has 1 fully saturated rings. The molecule has 1 aliphatic heterocycles. The summed E-state index contributed by atoms with van der Waals surface area (Å²) < 4.78 is 0. The maximum Gasteiger partial charge on any atom is 0.0192 e. The Bertz CT molecular complexity index is 208. The fourth-order valence-electron chi connectivity index (χ4n) is 2.82. The summed E-state index contributed by atoms with van der Waals surface area (Å²) >= 11 is 0. The van der Waals surface area contributed by atoms with Gasteiger partial charge in [-0.05, 0) is 59.8 Å². The van der Waals surface area contributed by atoms with E-state index in [2.05, 4.69) is 50.0 Å². The normalized spacial score (nSPS) is 20.8. The van der Waals surface area contributed by atoms with Crippen molar-refractivity contribution in [1.29, 1.82) is 0 Å². The molecule has 0 aromatic rings. The number of nitrogens with zero attached hydrogens (tertiary/aromatic N) is 2. The maximum atomic E-state index is 3.70. The number of hydrogen-bond acceptors (Lipinski definition) is 3. The van der Waals surface area contributed by atoms with Crippen molar-refractivity contribution in [3.8, 4) is 0 Å². The minimum Gasteiger partial charge on any atom is -0.312 e. The third kappa shape index (κ3) is 4.87. The van der Waals surface area contributed by atoms with Crippen molar-refractivity contribution in [2.75, 3.05) is 33.7 Å². The van der Waals surface area contributed by atoms with Crippen LogP contribution >= 0.6 is 0 Å². The first-order valence-electron chi connectivity index (χ1n) is 7.72. The lowest BCUT2D eigenvalue weighted by Gasteiger charge is -2.38. The zero-order chi connectivity index (χ0) is 13.5. The van der Waals surface area contributed by atoms with E-state index in [0.717, 1.165) is 12.6 Å². The molecule has 0 amide bonds. The second kappa shape index (κ2) is 8.13. The molecular weight excluding hydrogens is 222 g/mol. The van der Waals surface area contributed by atoms with Gasteiger partial charge in [0.05, 0.1) is 0 Å². The summed E-state index contributed by atoms with van der Waals surface area (Å²) in [5.41, 5.74) is 0. The van der Waals surface area contributed by atoms with Crippen LogP contribution in [0.3, 0.4) is 0 Å². The van der Waals surface area contributed by atoms with Gasteiger partial charge in [-0.1, -0.05) is 13.8 Å². The summed E-state index contributed by atoms with van der Waals surface area (Å²) in [7, 11) is 4.53. The van der Waals surface area contributed by atoms with Gasteiger partial charge in [-0.2, -0.15) is 0 Å². The first-order chi connectivity index (χ1) is 8.58. The molecule has 0 spiro atoms. The molecular formula is C15H33N3. The summed E-state index contributed by atoms with van der Waals surface area (Å²) in [4.78, 5) is 5.03. The number of nitrogens with one attached hydrogen (secondary N) is 1. The highest BCUT2D eigenvalue weighted by atomic mass is 15.2. The number of likely N-dealkylation sites (N-methyl/N-ethyl adjacent to an activating group) is 1. The van der Waals surface area contributed by atoms with Gasteiger partial charge in [-0.15, -0.1) is 0 Å². The second-order valence-corrected chi connectivity index (χ2v) is 5.97. The Morgan fingerprint density at radius 2 is 1.78 bits per heavy atom. The number of hydrogen-bond donors (Lipinski definition) is 1. The Hall–Kier alpha value is -0.120. The molecule has 108 valence electrons. The van der Waals surface area contributed by atoms with Crippen LogP contribution in [0.15, 0.2) is 0 Å². The van der Waals surface area contributed by atoms with E-state index in [1.165, 1.54) is 38.8 Å². The minimum absolute atomic E-state index is 0.638. The largest absolute Gasteiger partial charge is 0.312 e. The van der Waals surface area contributed by atoms with E-state index < -0.39 is 0 Å². The fourth-order valence-corrected chi connectivity index (χ4v) is 2.82. The highest BCUT2D eigenvalue weighted by Crippen LogP contribution is 2.16. The van der Waals surface area contributed by atoms with Crippen LogP contribution in [-0.4, -0.2) is 61.7 Å². The lowest BCUT2D eigenvalue weighted by molar-refractivity contribution is 0.111. The van der Waals surface area contributed by atoms with E-state index in [9.17, 15) is 0 Å². The molecule has 0 saturated carbocycles. The van der Waals surface area contributed by atoms with Crippen molar-refractivity contribution >= 4 is 0 Å². The Morgan fingerprint density at radius 1 is 1.22 bits per heavy atom. The van der Waals surface area contributed by atoms with Crippen LogP contribution in [0.25, 0.3) is 0 Å². The molecule has 1 saturated heterocycles. The van der Waals surface area contributed by atoms with E-state index in [4.69, 9.17) is 0 Å². The fraction of sp³-hybridized carbons (Fsp3) is 1.00. The van der Waals surface area contributed by atoms with Crippen molar-refractivity contribution < 1.29 is 0 Å². The minimum atomic E-state index is 0.638. The summed E-state index contributed by atoms with van der Waals surface area (Å²) in [6.45, 7) is 10.5. The highest BCUT2D eigenvalue weighted by molar-refractivity contribution is 4.81. The van der Waals surface area contributed by atoms with Crippen molar-refractivity contribution in [3.63, 3.8) is 0 Å². The van der Waals surface area contributed by atoms with E-state index in [1.54, 1.807) is 0 Å². The predicted molar refractivity (Wildman–Crippen MR) is 80.1 cm³/mol. The maximum absolute atomic E-state index is 3.70. The van der Waals surface area contributed by atoms with Gasteiger partial charge in [-0.3, -0.25) is 4.90 Å². The first-order valence-corrected chi connectivity index (χ1v) is 7.72. The van der Waals surface area contributed by atoms with Crippen molar-refractivity contribution in [2.24, 2.45) is 0 Å². The van der Waals surface area contributed by atoms with Crippen LogP contribution in [0.2, 0.25) is 0 Å². The number of piperidine rings is 1. The van der Waals surface area contributed by atoms with Crippen LogP contribution in [0.5, 0.6) is 0 Å². The molecule has 0 aromatic carbocycles. The molecule has 3 heteroatoms. The van der Waals surface area contributed by atoms with Crippen molar-refractivity contribution in [3.05, 3.63) is 0 Å². The summed E-state index contributed by atoms with van der Waals surface area (Å²) in [6.07, 6.45) is 5.12. The zero-order valence-corrected chi connectivity index (χ0v) is 13.1. The number of rotatable bonds is 7. The van der Waals surface area contributed by atoms with Crippen LogP contribution in [0, 0.1) is 0 Å². The van der Waals surface area contributed by atoms with Crippen LogP contribution in [-0.2, 0) is 0 Å². The van der Waals surface area contributed by atoms with Gasteiger partial charge in [0.25, 0.3) is 0 Å². The van der Waals surface area contributed by atoms with Gasteiger partial charge >= 0.3 is 0 Å². The van der Waals surface area contributed by atoms with Gasteiger partial charge in [0.1, 0.15) is 0 Å². The van der Waals surface area contributed by atoms with E-state index >= 15 is 0 Å². The highest BCUT2D eigenvalue weighted by Gasteiger charge is 2.23. The SMILES string of the molecule is CCC(CC)NCC(C)N(C)C1CCN(C)CC1. The van der Waals surface area contributed by atoms with Crippen LogP contribution < -0.4 is 5.32 Å². The van der Waals surface area contributed by atoms with Gasteiger partial charge in [0.15, 0.2) is 0 Å². The van der Waals surface area contributed by atoms with E-state index in [1.807, 2.05) is 0 Å². The van der Waals surface area contributed by atoms with Crippen molar-refractivity contribution in [1.82, 2.24) is 15.1 Å². The average Bonchev–Trinajstić information content (AvgIpc) is 2.39. The summed E-state index contributed by atoms with van der Waals surface area (Å²) in [5, 5.41) is 3.70. The van der Waals surface area contributed by atoms with Gasteiger partial charge in [0, 0.05) is 24.7 Å². The van der Waals surface area contributed by atoms with Crippen molar-refractivity contribution in [2.45, 2.75) is 64.6 Å². The summed E-state index contributed by atoms with van der Waals surface area (Å²) in [5.74, 6) is 0. The smallest absolute Gasteiger partial charge is 0.0192 e. The van der Waals surface area contributed by atoms with Gasteiger partial charge in [-0.25, -0.2) is 0 Å². The molecule has 1 aliphatic rings. The molecule has 1 atom stereocenters. The molecule has 0 bridgehead atoms. The monoisotopic (exact) mass is 255 g/mol. The Morgan fingerprint density at radius 3 is 2.28 bits per heavy atom. The third-order valence-electron chi connectivity index (χ3n) is 4.65. The molecule has 1 unspecified atom stereocenters. The zero-order valence-electron chi connectivity index (χ0n) is 13.1. The molecule has 1 N–H and O–H groups in total. The quantitative estimate of drug-likeness (QED) is 0.752.